The predicted molar refractivity (Wildman–Crippen MR) is 81.7 cm³/mol. The lowest BCUT2D eigenvalue weighted by Gasteiger charge is -2.29. The number of para-hydroxylation sites is 1. The highest BCUT2D eigenvalue weighted by Gasteiger charge is 2.15. The van der Waals surface area contributed by atoms with Gasteiger partial charge in [0.15, 0.2) is 0 Å². The zero-order valence-electron chi connectivity index (χ0n) is 12.6. The second-order valence-corrected chi connectivity index (χ2v) is 4.99. The van der Waals surface area contributed by atoms with E-state index in [2.05, 4.69) is 25.2 Å². The highest BCUT2D eigenvalue weighted by Crippen LogP contribution is 2.22. The van der Waals surface area contributed by atoms with Crippen molar-refractivity contribution in [2.24, 2.45) is 5.73 Å². The van der Waals surface area contributed by atoms with E-state index in [9.17, 15) is 4.79 Å². The Balaban J connectivity index is 2.83. The minimum atomic E-state index is -0.319. The van der Waals surface area contributed by atoms with Crippen LogP contribution in [0.2, 0.25) is 0 Å². The van der Waals surface area contributed by atoms with Gasteiger partial charge in [-0.15, -0.1) is 0 Å². The third-order valence-corrected chi connectivity index (χ3v) is 3.05. The summed E-state index contributed by atoms with van der Waals surface area (Å²) in [4.78, 5) is 13.3. The summed E-state index contributed by atoms with van der Waals surface area (Å²) < 4.78 is 5.01. The number of carbonyl (C=O) groups is 1. The van der Waals surface area contributed by atoms with E-state index in [1.165, 1.54) is 0 Å². The highest BCUT2D eigenvalue weighted by molar-refractivity contribution is 5.80. The fraction of sp³-hybridized carbons (Fsp3) is 0.533. The van der Waals surface area contributed by atoms with Gasteiger partial charge in [-0.25, -0.2) is 0 Å². The number of rotatable bonds is 9. The van der Waals surface area contributed by atoms with Gasteiger partial charge in [0, 0.05) is 31.9 Å². The molecule has 0 aliphatic heterocycles. The first kappa shape index (κ1) is 16.5. The Morgan fingerprint density at radius 2 is 2.10 bits per heavy atom. The van der Waals surface area contributed by atoms with Crippen molar-refractivity contribution in [3.8, 4) is 0 Å². The SMILES string of the molecule is COCCNCc1ccccc1N(CC(N)=O)C(C)C. The topological polar surface area (TPSA) is 67.6 Å². The minimum Gasteiger partial charge on any atom is -0.383 e. The molecule has 0 spiro atoms. The van der Waals surface area contributed by atoms with Crippen LogP contribution in [0.1, 0.15) is 19.4 Å². The Bertz CT molecular complexity index is 421. The van der Waals surface area contributed by atoms with E-state index in [1.807, 2.05) is 23.1 Å². The van der Waals surface area contributed by atoms with Gasteiger partial charge in [0.05, 0.1) is 13.2 Å². The van der Waals surface area contributed by atoms with Crippen molar-refractivity contribution in [1.29, 1.82) is 0 Å². The van der Waals surface area contributed by atoms with Crippen LogP contribution in [-0.2, 0) is 16.1 Å². The van der Waals surface area contributed by atoms with Gasteiger partial charge in [0.1, 0.15) is 0 Å². The monoisotopic (exact) mass is 279 g/mol. The lowest BCUT2D eigenvalue weighted by atomic mass is 10.1. The molecule has 0 unspecified atom stereocenters. The van der Waals surface area contributed by atoms with Crippen LogP contribution >= 0.6 is 0 Å². The number of primary amides is 1. The maximum absolute atomic E-state index is 11.2. The number of benzene rings is 1. The Morgan fingerprint density at radius 3 is 2.70 bits per heavy atom. The van der Waals surface area contributed by atoms with Crippen molar-refractivity contribution in [2.75, 3.05) is 31.7 Å². The molecular formula is C15H25N3O2. The maximum Gasteiger partial charge on any atom is 0.236 e. The average molecular weight is 279 g/mol. The molecule has 3 N–H and O–H groups in total. The summed E-state index contributed by atoms with van der Waals surface area (Å²) in [5.41, 5.74) is 7.54. The van der Waals surface area contributed by atoms with Gasteiger partial charge in [0.2, 0.25) is 5.91 Å². The molecule has 0 aliphatic carbocycles. The molecule has 0 bridgehead atoms. The summed E-state index contributed by atoms with van der Waals surface area (Å²) in [7, 11) is 1.68. The smallest absolute Gasteiger partial charge is 0.236 e. The molecule has 0 aromatic heterocycles. The number of carbonyl (C=O) groups excluding carboxylic acids is 1. The first-order valence-corrected chi connectivity index (χ1v) is 6.88. The van der Waals surface area contributed by atoms with Gasteiger partial charge in [-0.3, -0.25) is 4.79 Å². The molecule has 1 aromatic carbocycles. The third kappa shape index (κ3) is 5.19. The third-order valence-electron chi connectivity index (χ3n) is 3.05. The number of methoxy groups -OCH3 is 1. The number of anilines is 1. The van der Waals surface area contributed by atoms with Crippen LogP contribution in [-0.4, -0.2) is 38.8 Å². The minimum absolute atomic E-state index is 0.211. The average Bonchev–Trinajstić information content (AvgIpc) is 2.41. The van der Waals surface area contributed by atoms with Crippen LogP contribution in [0.3, 0.4) is 0 Å². The van der Waals surface area contributed by atoms with Crippen molar-refractivity contribution < 1.29 is 9.53 Å². The van der Waals surface area contributed by atoms with E-state index in [4.69, 9.17) is 10.5 Å². The van der Waals surface area contributed by atoms with E-state index in [-0.39, 0.29) is 18.5 Å². The number of hydrogen-bond acceptors (Lipinski definition) is 4. The molecule has 0 saturated heterocycles. The van der Waals surface area contributed by atoms with Crippen molar-refractivity contribution in [3.63, 3.8) is 0 Å². The molecule has 0 heterocycles. The molecule has 1 amide bonds. The molecule has 0 radical (unpaired) electrons. The Labute approximate surface area is 121 Å². The van der Waals surface area contributed by atoms with E-state index >= 15 is 0 Å². The number of nitrogens with two attached hydrogens (primary N) is 1. The fourth-order valence-electron chi connectivity index (χ4n) is 2.05. The number of amides is 1. The van der Waals surface area contributed by atoms with Crippen molar-refractivity contribution >= 4 is 11.6 Å². The summed E-state index contributed by atoms with van der Waals surface area (Å²) in [5, 5.41) is 3.32. The number of nitrogens with one attached hydrogen (secondary N) is 1. The van der Waals surface area contributed by atoms with Gasteiger partial charge < -0.3 is 20.7 Å². The number of ether oxygens (including phenoxy) is 1. The molecule has 1 rings (SSSR count). The molecular weight excluding hydrogens is 254 g/mol. The van der Waals surface area contributed by atoms with Crippen molar-refractivity contribution in [1.82, 2.24) is 5.32 Å². The fourth-order valence-corrected chi connectivity index (χ4v) is 2.05. The molecule has 0 aliphatic rings. The Morgan fingerprint density at radius 1 is 1.40 bits per heavy atom. The summed E-state index contributed by atoms with van der Waals surface area (Å²) >= 11 is 0. The van der Waals surface area contributed by atoms with Crippen LogP contribution in [0, 0.1) is 0 Å². The molecule has 0 saturated carbocycles. The zero-order chi connectivity index (χ0) is 15.0. The normalized spacial score (nSPS) is 10.8. The quantitative estimate of drug-likeness (QED) is 0.665. The molecule has 0 atom stereocenters. The predicted octanol–water partition coefficient (Wildman–Crippen LogP) is 1.12. The van der Waals surface area contributed by atoms with Crippen LogP contribution < -0.4 is 16.0 Å². The molecule has 5 nitrogen and oxygen atoms in total. The second-order valence-electron chi connectivity index (χ2n) is 4.99. The van der Waals surface area contributed by atoms with Crippen LogP contribution in [0.25, 0.3) is 0 Å². The van der Waals surface area contributed by atoms with Gasteiger partial charge >= 0.3 is 0 Å². The van der Waals surface area contributed by atoms with E-state index in [0.29, 0.717) is 6.61 Å². The maximum atomic E-state index is 11.2. The van der Waals surface area contributed by atoms with Gasteiger partial charge in [-0.05, 0) is 25.5 Å². The van der Waals surface area contributed by atoms with Gasteiger partial charge in [-0.2, -0.15) is 0 Å². The molecule has 112 valence electrons. The summed E-state index contributed by atoms with van der Waals surface area (Å²) in [6, 6.07) is 8.27. The van der Waals surface area contributed by atoms with Crippen LogP contribution in [0.15, 0.2) is 24.3 Å². The molecule has 5 heteroatoms. The summed E-state index contributed by atoms with van der Waals surface area (Å²) in [5.74, 6) is -0.319. The lowest BCUT2D eigenvalue weighted by molar-refractivity contribution is -0.116. The summed E-state index contributed by atoms with van der Waals surface area (Å²) in [6.45, 7) is 6.55. The Hall–Kier alpha value is -1.59. The molecule has 1 aromatic rings. The van der Waals surface area contributed by atoms with Crippen molar-refractivity contribution in [2.45, 2.75) is 26.4 Å². The zero-order valence-corrected chi connectivity index (χ0v) is 12.6. The Kier molecular flexibility index (Phi) is 7.04. The van der Waals surface area contributed by atoms with Crippen molar-refractivity contribution in [3.05, 3.63) is 29.8 Å². The van der Waals surface area contributed by atoms with Crippen LogP contribution in [0.5, 0.6) is 0 Å². The van der Waals surface area contributed by atoms with E-state index in [0.717, 1.165) is 24.3 Å². The second kappa shape index (κ2) is 8.55. The summed E-state index contributed by atoms with van der Waals surface area (Å²) in [6.07, 6.45) is 0. The highest BCUT2D eigenvalue weighted by atomic mass is 16.5. The first-order valence-electron chi connectivity index (χ1n) is 6.88. The van der Waals surface area contributed by atoms with Gasteiger partial charge in [0.25, 0.3) is 0 Å². The van der Waals surface area contributed by atoms with E-state index in [1.54, 1.807) is 7.11 Å². The number of hydrogen-bond donors (Lipinski definition) is 2. The number of nitrogens with zero attached hydrogens (tertiary/aromatic N) is 1. The van der Waals surface area contributed by atoms with Gasteiger partial charge in [-0.1, -0.05) is 18.2 Å². The molecule has 20 heavy (non-hydrogen) atoms. The first-order chi connectivity index (χ1) is 9.56. The van der Waals surface area contributed by atoms with Crippen LogP contribution in [0.4, 0.5) is 5.69 Å². The molecule has 0 fully saturated rings. The van der Waals surface area contributed by atoms with E-state index < -0.39 is 0 Å². The largest absolute Gasteiger partial charge is 0.383 e. The standard InChI is InChI=1S/C15H25N3O2/c1-12(2)18(11-15(16)19)14-7-5-4-6-13(14)10-17-8-9-20-3/h4-7,12,17H,8-11H2,1-3H3,(H2,16,19). The lowest BCUT2D eigenvalue weighted by Crippen LogP contribution is -2.39.